The van der Waals surface area contributed by atoms with Crippen LogP contribution in [-0.4, -0.2) is 48.4 Å². The average molecular weight is 389 g/mol. The highest BCUT2D eigenvalue weighted by Gasteiger charge is 2.16. The van der Waals surface area contributed by atoms with Gasteiger partial charge in [0.05, 0.1) is 11.6 Å². The summed E-state index contributed by atoms with van der Waals surface area (Å²) in [6.07, 6.45) is 3.18. The second-order valence-corrected chi connectivity index (χ2v) is 7.23. The van der Waals surface area contributed by atoms with Gasteiger partial charge in [0.15, 0.2) is 0 Å². The van der Waals surface area contributed by atoms with Gasteiger partial charge in [0.1, 0.15) is 0 Å². The van der Waals surface area contributed by atoms with E-state index in [1.54, 1.807) is 12.1 Å². The number of benzene rings is 2. The van der Waals surface area contributed by atoms with Crippen LogP contribution in [0.1, 0.15) is 29.2 Å². The SMILES string of the molecule is CCN1CCN(Cc2ccccc2CNC(=O)/C=C/c2ccccc2C#N)CC1. The molecule has 2 aromatic rings. The minimum absolute atomic E-state index is 0.163. The molecule has 0 aromatic heterocycles. The topological polar surface area (TPSA) is 59.4 Å². The zero-order valence-corrected chi connectivity index (χ0v) is 17.0. The smallest absolute Gasteiger partial charge is 0.244 e. The molecule has 0 spiro atoms. The van der Waals surface area contributed by atoms with Gasteiger partial charge in [-0.3, -0.25) is 9.69 Å². The van der Waals surface area contributed by atoms with E-state index in [1.165, 1.54) is 11.6 Å². The maximum atomic E-state index is 12.3. The van der Waals surface area contributed by atoms with Crippen molar-refractivity contribution in [2.75, 3.05) is 32.7 Å². The van der Waals surface area contributed by atoms with Crippen molar-refractivity contribution in [1.82, 2.24) is 15.1 Å². The molecule has 1 heterocycles. The van der Waals surface area contributed by atoms with E-state index in [0.29, 0.717) is 12.1 Å². The summed E-state index contributed by atoms with van der Waals surface area (Å²) >= 11 is 0. The highest BCUT2D eigenvalue weighted by molar-refractivity contribution is 5.92. The molecule has 5 nitrogen and oxygen atoms in total. The van der Waals surface area contributed by atoms with Gasteiger partial charge in [-0.2, -0.15) is 5.26 Å². The van der Waals surface area contributed by atoms with Gasteiger partial charge in [-0.1, -0.05) is 49.4 Å². The number of amides is 1. The number of nitrogens with zero attached hydrogens (tertiary/aromatic N) is 3. The van der Waals surface area contributed by atoms with Crippen LogP contribution in [0.5, 0.6) is 0 Å². The lowest BCUT2D eigenvalue weighted by Gasteiger charge is -2.34. The van der Waals surface area contributed by atoms with Crippen molar-refractivity contribution in [3.8, 4) is 6.07 Å². The third-order valence-corrected chi connectivity index (χ3v) is 5.37. The first-order chi connectivity index (χ1) is 14.2. The van der Waals surface area contributed by atoms with Crippen molar-refractivity contribution >= 4 is 12.0 Å². The molecule has 2 aromatic carbocycles. The highest BCUT2D eigenvalue weighted by Crippen LogP contribution is 2.14. The molecular formula is C24H28N4O. The Labute approximate surface area is 173 Å². The average Bonchev–Trinajstić information content (AvgIpc) is 2.77. The Bertz CT molecular complexity index is 892. The van der Waals surface area contributed by atoms with Crippen molar-refractivity contribution in [1.29, 1.82) is 5.26 Å². The van der Waals surface area contributed by atoms with Gasteiger partial charge in [0, 0.05) is 45.3 Å². The summed E-state index contributed by atoms with van der Waals surface area (Å²) < 4.78 is 0. The molecule has 1 N–H and O–H groups in total. The van der Waals surface area contributed by atoms with Crippen LogP contribution in [-0.2, 0) is 17.9 Å². The molecule has 3 rings (SSSR count). The summed E-state index contributed by atoms with van der Waals surface area (Å²) in [5.41, 5.74) is 3.71. The number of nitrogens with one attached hydrogen (secondary N) is 1. The summed E-state index contributed by atoms with van der Waals surface area (Å²) in [5, 5.41) is 12.1. The molecule has 150 valence electrons. The number of piperazine rings is 1. The summed E-state index contributed by atoms with van der Waals surface area (Å²) in [6, 6.07) is 17.7. The molecule has 0 radical (unpaired) electrons. The lowest BCUT2D eigenvalue weighted by Crippen LogP contribution is -2.45. The van der Waals surface area contributed by atoms with Crippen LogP contribution in [0.4, 0.5) is 0 Å². The molecule has 29 heavy (non-hydrogen) atoms. The lowest BCUT2D eigenvalue weighted by atomic mass is 10.1. The molecule has 5 heteroatoms. The fourth-order valence-corrected chi connectivity index (χ4v) is 3.54. The van der Waals surface area contributed by atoms with Gasteiger partial charge in [0.25, 0.3) is 0 Å². The number of carbonyl (C=O) groups is 1. The molecule has 0 unspecified atom stereocenters. The summed E-state index contributed by atoms with van der Waals surface area (Å²) in [4.78, 5) is 17.2. The molecule has 1 fully saturated rings. The zero-order valence-electron chi connectivity index (χ0n) is 17.0. The second-order valence-electron chi connectivity index (χ2n) is 7.23. The third-order valence-electron chi connectivity index (χ3n) is 5.37. The first-order valence-electron chi connectivity index (χ1n) is 10.2. The van der Waals surface area contributed by atoms with Crippen LogP contribution in [0.2, 0.25) is 0 Å². The van der Waals surface area contributed by atoms with Gasteiger partial charge >= 0.3 is 0 Å². The Morgan fingerprint density at radius 2 is 1.69 bits per heavy atom. The van der Waals surface area contributed by atoms with E-state index in [9.17, 15) is 4.79 Å². The fourth-order valence-electron chi connectivity index (χ4n) is 3.54. The number of hydrogen-bond donors (Lipinski definition) is 1. The van der Waals surface area contributed by atoms with E-state index < -0.39 is 0 Å². The minimum atomic E-state index is -0.163. The van der Waals surface area contributed by atoms with E-state index in [1.807, 2.05) is 24.3 Å². The molecular weight excluding hydrogens is 360 g/mol. The second kappa shape index (κ2) is 10.6. The van der Waals surface area contributed by atoms with Crippen LogP contribution in [0.15, 0.2) is 54.6 Å². The van der Waals surface area contributed by atoms with Crippen LogP contribution in [0, 0.1) is 11.3 Å². The van der Waals surface area contributed by atoms with Crippen molar-refractivity contribution in [2.24, 2.45) is 0 Å². The Kier molecular flexibility index (Phi) is 7.57. The van der Waals surface area contributed by atoms with Crippen LogP contribution in [0.3, 0.4) is 0 Å². The summed E-state index contributed by atoms with van der Waals surface area (Å²) in [7, 11) is 0. The number of nitriles is 1. The Morgan fingerprint density at radius 1 is 1.03 bits per heavy atom. The van der Waals surface area contributed by atoms with Crippen molar-refractivity contribution in [3.63, 3.8) is 0 Å². The zero-order chi connectivity index (χ0) is 20.5. The molecule has 1 saturated heterocycles. The Balaban J connectivity index is 1.56. The fraction of sp³-hybridized carbons (Fsp3) is 0.333. The molecule has 1 amide bonds. The maximum absolute atomic E-state index is 12.3. The number of likely N-dealkylation sites (N-methyl/N-ethyl adjacent to an activating group) is 1. The molecule has 1 aliphatic rings. The molecule has 0 saturated carbocycles. The van der Waals surface area contributed by atoms with Crippen molar-refractivity contribution in [2.45, 2.75) is 20.0 Å². The standard InChI is InChI=1S/C24H28N4O/c1-2-27-13-15-28(16-14-27)19-23-10-6-5-9-22(23)18-26-24(29)12-11-20-7-3-4-8-21(20)17-25/h3-12H,2,13-16,18-19H2,1H3,(H,26,29)/b12-11+. The minimum Gasteiger partial charge on any atom is -0.348 e. The Hall–Kier alpha value is -2.94. The first kappa shape index (κ1) is 20.8. The van der Waals surface area contributed by atoms with Crippen molar-refractivity contribution in [3.05, 3.63) is 76.9 Å². The van der Waals surface area contributed by atoms with Gasteiger partial charge in [-0.05, 0) is 35.4 Å². The number of rotatable bonds is 7. The van der Waals surface area contributed by atoms with Gasteiger partial charge in [-0.25, -0.2) is 0 Å². The van der Waals surface area contributed by atoms with Gasteiger partial charge in [-0.15, -0.1) is 0 Å². The predicted molar refractivity (Wildman–Crippen MR) is 116 cm³/mol. The largest absolute Gasteiger partial charge is 0.348 e. The molecule has 0 aliphatic carbocycles. The predicted octanol–water partition coefficient (Wildman–Crippen LogP) is 3.03. The quantitative estimate of drug-likeness (QED) is 0.741. The molecule has 1 aliphatic heterocycles. The van der Waals surface area contributed by atoms with E-state index in [2.05, 4.69) is 46.3 Å². The van der Waals surface area contributed by atoms with E-state index in [0.717, 1.165) is 50.4 Å². The number of hydrogen-bond acceptors (Lipinski definition) is 4. The summed E-state index contributed by atoms with van der Waals surface area (Å²) in [5.74, 6) is -0.163. The van der Waals surface area contributed by atoms with E-state index in [4.69, 9.17) is 5.26 Å². The number of carbonyl (C=O) groups excluding carboxylic acids is 1. The normalized spacial score (nSPS) is 15.3. The molecule has 0 atom stereocenters. The van der Waals surface area contributed by atoms with Gasteiger partial charge < -0.3 is 10.2 Å². The van der Waals surface area contributed by atoms with Crippen LogP contribution in [0.25, 0.3) is 6.08 Å². The van der Waals surface area contributed by atoms with E-state index in [-0.39, 0.29) is 5.91 Å². The first-order valence-corrected chi connectivity index (χ1v) is 10.2. The van der Waals surface area contributed by atoms with Crippen LogP contribution < -0.4 is 5.32 Å². The van der Waals surface area contributed by atoms with Crippen molar-refractivity contribution < 1.29 is 4.79 Å². The third kappa shape index (κ3) is 6.02. The highest BCUT2D eigenvalue weighted by atomic mass is 16.1. The van der Waals surface area contributed by atoms with E-state index >= 15 is 0 Å². The van der Waals surface area contributed by atoms with Gasteiger partial charge in [0.2, 0.25) is 5.91 Å². The summed E-state index contributed by atoms with van der Waals surface area (Å²) in [6.45, 7) is 9.12. The molecule has 0 bridgehead atoms. The lowest BCUT2D eigenvalue weighted by molar-refractivity contribution is -0.116. The monoisotopic (exact) mass is 388 g/mol. The Morgan fingerprint density at radius 3 is 2.41 bits per heavy atom. The van der Waals surface area contributed by atoms with Crippen LogP contribution >= 0.6 is 0 Å². The maximum Gasteiger partial charge on any atom is 0.244 e.